The number of hydrogen-bond donors (Lipinski definition) is 3. The molecule has 0 unspecified atom stereocenters. The minimum absolute atomic E-state index is 0.0158. The fourth-order valence-corrected chi connectivity index (χ4v) is 10.5. The topological polar surface area (TPSA) is 205 Å². The van der Waals surface area contributed by atoms with Crippen LogP contribution in [-0.4, -0.2) is 145 Å². The largest absolute Gasteiger partial charge is 0.460 e. The maximum atomic E-state index is 14.5. The summed E-state index contributed by atoms with van der Waals surface area (Å²) in [5, 5.41) is 32.8. The summed E-state index contributed by atoms with van der Waals surface area (Å²) >= 11 is 0. The molecule has 1 aliphatic carbocycles. The second-order valence-electron chi connectivity index (χ2n) is 20.2. The number of allylic oxidation sites excluding steroid dienone is 6. The van der Waals surface area contributed by atoms with E-state index in [1.807, 2.05) is 58.1 Å². The molecule has 2 saturated heterocycles. The van der Waals surface area contributed by atoms with Crippen LogP contribution in [0.4, 0.5) is 0 Å². The van der Waals surface area contributed by atoms with Crippen LogP contribution in [0.15, 0.2) is 47.6 Å². The molecule has 1 saturated carbocycles. The second-order valence-corrected chi connectivity index (χ2v) is 20.2. The van der Waals surface area contributed by atoms with Crippen LogP contribution < -0.4 is 0 Å². The molecule has 15 heteroatoms. The minimum Gasteiger partial charge on any atom is -0.460 e. The van der Waals surface area contributed by atoms with E-state index in [-0.39, 0.29) is 74.1 Å². The first-order chi connectivity index (χ1) is 32.3. The van der Waals surface area contributed by atoms with Gasteiger partial charge in [0.05, 0.1) is 37.6 Å². The lowest BCUT2D eigenvalue weighted by Gasteiger charge is -2.42. The third kappa shape index (κ3) is 15.3. The van der Waals surface area contributed by atoms with E-state index >= 15 is 0 Å². The molecule has 4 rings (SSSR count). The Morgan fingerprint density at radius 1 is 0.853 bits per heavy atom. The van der Waals surface area contributed by atoms with Crippen LogP contribution in [0.2, 0.25) is 0 Å². The summed E-state index contributed by atoms with van der Waals surface area (Å²) in [6, 6.07) is -1.14. The van der Waals surface area contributed by atoms with Crippen LogP contribution in [0.25, 0.3) is 0 Å². The zero-order valence-corrected chi connectivity index (χ0v) is 42.4. The molecule has 3 aliphatic heterocycles. The van der Waals surface area contributed by atoms with Crippen molar-refractivity contribution in [2.75, 3.05) is 41.1 Å². The Balaban J connectivity index is 1.70. The van der Waals surface area contributed by atoms with Crippen molar-refractivity contribution in [2.45, 2.75) is 180 Å². The van der Waals surface area contributed by atoms with E-state index in [1.54, 1.807) is 41.1 Å². The van der Waals surface area contributed by atoms with Crippen molar-refractivity contribution >= 4 is 29.2 Å². The molecular formula is C53H83NO14. The monoisotopic (exact) mass is 958 g/mol. The van der Waals surface area contributed by atoms with E-state index in [9.17, 15) is 39.3 Å². The highest BCUT2D eigenvalue weighted by molar-refractivity contribution is 6.39. The first-order valence-corrected chi connectivity index (χ1v) is 25.0. The maximum Gasteiger partial charge on any atom is 0.329 e. The Morgan fingerprint density at radius 3 is 2.26 bits per heavy atom. The summed E-state index contributed by atoms with van der Waals surface area (Å²) in [7, 11) is 4.58. The lowest BCUT2D eigenvalue weighted by molar-refractivity contribution is -0.265. The van der Waals surface area contributed by atoms with E-state index in [2.05, 4.69) is 0 Å². The van der Waals surface area contributed by atoms with Crippen LogP contribution in [0.3, 0.4) is 0 Å². The highest BCUT2D eigenvalue weighted by Gasteiger charge is 2.53. The number of piperidine rings is 1. The fraction of sp³-hybridized carbons (Fsp3) is 0.755. The Hall–Kier alpha value is -3.41. The van der Waals surface area contributed by atoms with Gasteiger partial charge in [0.1, 0.15) is 30.1 Å². The molecule has 3 N–H and O–H groups in total. The van der Waals surface area contributed by atoms with Crippen LogP contribution >= 0.6 is 0 Å². The van der Waals surface area contributed by atoms with Crippen molar-refractivity contribution in [3.63, 3.8) is 0 Å². The van der Waals surface area contributed by atoms with Gasteiger partial charge in [-0.25, -0.2) is 4.79 Å². The van der Waals surface area contributed by atoms with Crippen molar-refractivity contribution in [3.8, 4) is 0 Å². The van der Waals surface area contributed by atoms with E-state index in [0.717, 1.165) is 12.0 Å². The summed E-state index contributed by atoms with van der Waals surface area (Å²) in [6.07, 6.45) is 12.0. The van der Waals surface area contributed by atoms with Crippen molar-refractivity contribution in [2.24, 2.45) is 35.5 Å². The van der Waals surface area contributed by atoms with Crippen molar-refractivity contribution in [1.82, 2.24) is 4.90 Å². The predicted octanol–water partition coefficient (Wildman–Crippen LogP) is 6.20. The molecule has 15 atom stereocenters. The number of ketones is 3. The van der Waals surface area contributed by atoms with Gasteiger partial charge in [-0.3, -0.25) is 19.2 Å². The van der Waals surface area contributed by atoms with Gasteiger partial charge in [-0.2, -0.15) is 0 Å². The zero-order valence-electron chi connectivity index (χ0n) is 42.4. The molecule has 0 aromatic carbocycles. The summed E-state index contributed by atoms with van der Waals surface area (Å²) in [5.41, 5.74) is 1.26. The lowest BCUT2D eigenvalue weighted by Crippen LogP contribution is -2.61. The Morgan fingerprint density at radius 2 is 1.59 bits per heavy atom. The number of cyclic esters (lactones) is 1. The molecule has 15 nitrogen and oxygen atoms in total. The molecule has 1 amide bonds. The predicted molar refractivity (Wildman–Crippen MR) is 256 cm³/mol. The molecule has 0 aromatic rings. The molecular weight excluding hydrogens is 875 g/mol. The number of aliphatic hydroxyl groups is 3. The van der Waals surface area contributed by atoms with Crippen molar-refractivity contribution in [3.05, 3.63) is 47.6 Å². The van der Waals surface area contributed by atoms with Gasteiger partial charge >= 0.3 is 5.97 Å². The molecule has 0 spiro atoms. The zero-order chi connectivity index (χ0) is 50.3. The molecule has 3 fully saturated rings. The number of nitrogens with zero attached hydrogens (tertiary/aromatic N) is 1. The Labute approximate surface area is 405 Å². The van der Waals surface area contributed by atoms with E-state index < -0.39 is 77.8 Å². The first kappa shape index (κ1) is 57.2. The number of amides is 1. The highest BCUT2D eigenvalue weighted by atomic mass is 16.6. The first-order valence-electron chi connectivity index (χ1n) is 25.0. The van der Waals surface area contributed by atoms with Gasteiger partial charge in [0.2, 0.25) is 5.79 Å². The van der Waals surface area contributed by atoms with Gasteiger partial charge in [-0.05, 0) is 107 Å². The average molecular weight is 958 g/mol. The SMILES string of the molecule is CO[C@H]1C[C@@H]2CC[C@@H](C)[C@@](O)(O2)C(=O)C(=O)N2CCCC[C@H]2C(=O)O[C@H]([C@H](C)C[C@@H]2CC[C@@H](OCCO)[C@H](OC)C2)CC(=O)[C@H](C)/C=C(\C)[C@@H](O)[C@H](OC)C(=O)[C@H](C)C[C@H](C)\C=C/C=C/C=C/1C. The van der Waals surface area contributed by atoms with Gasteiger partial charge in [0.25, 0.3) is 11.7 Å². The number of methoxy groups -OCH3 is 3. The number of esters is 1. The number of hydrogen-bond acceptors (Lipinski definition) is 14. The Kier molecular flexibility index (Phi) is 22.9. The fourth-order valence-electron chi connectivity index (χ4n) is 10.5. The third-order valence-electron chi connectivity index (χ3n) is 14.9. The second kappa shape index (κ2) is 27.3. The van der Waals surface area contributed by atoms with Crippen LogP contribution in [0, 0.1) is 35.5 Å². The summed E-state index contributed by atoms with van der Waals surface area (Å²) in [5.74, 6) is -7.96. The van der Waals surface area contributed by atoms with E-state index in [1.165, 1.54) is 12.0 Å². The van der Waals surface area contributed by atoms with Gasteiger partial charge < -0.3 is 48.6 Å². The number of Topliss-reactive ketones (excluding diaryl/α,β-unsaturated/α-hetero) is 3. The molecule has 68 heavy (non-hydrogen) atoms. The van der Waals surface area contributed by atoms with Crippen LogP contribution in [0.1, 0.15) is 126 Å². The van der Waals surface area contributed by atoms with Crippen molar-refractivity contribution in [1.29, 1.82) is 0 Å². The number of carbonyl (C=O) groups is 5. The summed E-state index contributed by atoms with van der Waals surface area (Å²) in [6.45, 7) is 12.9. The van der Waals surface area contributed by atoms with E-state index in [0.29, 0.717) is 63.4 Å². The number of rotatable bonds is 9. The van der Waals surface area contributed by atoms with Crippen LogP contribution in [0.5, 0.6) is 0 Å². The number of ether oxygens (including phenoxy) is 6. The quantitative estimate of drug-likeness (QED) is 0.134. The number of carbonyl (C=O) groups excluding carboxylic acids is 5. The van der Waals surface area contributed by atoms with Gasteiger partial charge in [0.15, 0.2) is 5.78 Å². The lowest BCUT2D eigenvalue weighted by atomic mass is 9.78. The molecule has 3 heterocycles. The minimum atomic E-state index is -2.43. The highest BCUT2D eigenvalue weighted by Crippen LogP contribution is 2.38. The van der Waals surface area contributed by atoms with Crippen molar-refractivity contribution < 1.29 is 67.7 Å². The molecule has 0 aromatic heterocycles. The molecule has 0 radical (unpaired) electrons. The average Bonchev–Trinajstić information content (AvgIpc) is 3.32. The Bertz CT molecular complexity index is 1810. The standard InChI is InChI=1S/C53H83NO14/c1-32-16-12-11-13-17-33(2)44(63-8)30-40-21-19-38(7)53(62,68-40)50(59)51(60)54-23-15-14-18-41(54)52(61)67-45(35(4)28-39-20-22-43(66-25-24-55)46(29-39)64-9)31-42(56)34(3)27-37(6)48(58)49(65-10)47(57)36(5)26-32/h11-13,16-17,27,32,34-36,38-41,43-46,48-49,55,58,62H,14-15,18-26,28-31H2,1-10H3/b13-11+,16-12-,33-17+,37-27+/t32-,34-,35-,36-,38-,39+,40+,41+,43-,44+,45+,46-,48-,49-,53-/m1/s1. The smallest absolute Gasteiger partial charge is 0.329 e. The van der Waals surface area contributed by atoms with E-state index in [4.69, 9.17) is 28.4 Å². The normalized spacial score (nSPS) is 39.2. The molecule has 4 aliphatic rings. The molecule has 2 bridgehead atoms. The molecule has 384 valence electrons. The van der Waals surface area contributed by atoms with Crippen LogP contribution in [-0.2, 0) is 52.4 Å². The van der Waals surface area contributed by atoms with Gasteiger partial charge in [-0.15, -0.1) is 0 Å². The third-order valence-corrected chi connectivity index (χ3v) is 14.9. The number of fused-ring (bicyclic) bond motifs is 3. The summed E-state index contributed by atoms with van der Waals surface area (Å²) < 4.78 is 35.6. The summed E-state index contributed by atoms with van der Waals surface area (Å²) in [4.78, 5) is 72.1. The van der Waals surface area contributed by atoms with Gasteiger partial charge in [0, 0.05) is 58.5 Å². The van der Waals surface area contributed by atoms with Gasteiger partial charge in [-0.1, -0.05) is 71.1 Å². The maximum absolute atomic E-state index is 14.5. The number of aliphatic hydroxyl groups excluding tert-OH is 2.